The number of nitrogens with zero attached hydrogens (tertiary/aromatic N) is 1. The van der Waals surface area contributed by atoms with Gasteiger partial charge in [0.25, 0.3) is 11.8 Å². The summed E-state index contributed by atoms with van der Waals surface area (Å²) in [6.07, 6.45) is 0. The maximum Gasteiger partial charge on any atom is 0.266 e. The van der Waals surface area contributed by atoms with Crippen LogP contribution in [0.3, 0.4) is 0 Å². The standard InChI is InChI=1S/C19H17N3O3S/c1-2-20-17(24)12-7-9-13(10-8-12)22-16(23)11-26-19(22)14-5-3-4-6-15(14)21-18(19)25/h3-10H,2,11H2,1H3,(H,20,24)(H,21,25)/t19-/m0/s1. The van der Waals surface area contributed by atoms with Crippen LogP contribution in [0.5, 0.6) is 0 Å². The van der Waals surface area contributed by atoms with Gasteiger partial charge in [-0.2, -0.15) is 0 Å². The van der Waals surface area contributed by atoms with E-state index < -0.39 is 4.87 Å². The second kappa shape index (κ2) is 6.17. The Morgan fingerprint density at radius 1 is 1.19 bits per heavy atom. The second-order valence-corrected chi connectivity index (χ2v) is 7.24. The summed E-state index contributed by atoms with van der Waals surface area (Å²) in [5.74, 6) is -0.297. The fraction of sp³-hybridized carbons (Fsp3) is 0.211. The molecule has 3 amide bonds. The first-order valence-electron chi connectivity index (χ1n) is 8.34. The van der Waals surface area contributed by atoms with E-state index in [-0.39, 0.29) is 23.5 Å². The van der Waals surface area contributed by atoms with Gasteiger partial charge in [-0.05, 0) is 37.3 Å². The third-order valence-corrected chi connectivity index (χ3v) is 5.94. The van der Waals surface area contributed by atoms with Gasteiger partial charge in [0.1, 0.15) is 0 Å². The van der Waals surface area contributed by atoms with Gasteiger partial charge in [-0.3, -0.25) is 19.3 Å². The fourth-order valence-corrected chi connectivity index (χ4v) is 4.72. The van der Waals surface area contributed by atoms with Gasteiger partial charge in [-0.25, -0.2) is 0 Å². The lowest BCUT2D eigenvalue weighted by atomic mass is 10.0. The fourth-order valence-electron chi connectivity index (χ4n) is 3.40. The van der Waals surface area contributed by atoms with E-state index >= 15 is 0 Å². The van der Waals surface area contributed by atoms with Gasteiger partial charge in [0.05, 0.1) is 5.75 Å². The molecule has 6 nitrogen and oxygen atoms in total. The van der Waals surface area contributed by atoms with Crippen LogP contribution in [-0.4, -0.2) is 30.0 Å². The lowest BCUT2D eigenvalue weighted by Crippen LogP contribution is -2.47. The van der Waals surface area contributed by atoms with Crippen molar-refractivity contribution >= 4 is 40.9 Å². The molecule has 1 spiro atoms. The summed E-state index contributed by atoms with van der Waals surface area (Å²) in [4.78, 5) is 37.9. The number of carbonyl (C=O) groups is 3. The Morgan fingerprint density at radius 3 is 2.65 bits per heavy atom. The number of hydrogen-bond acceptors (Lipinski definition) is 4. The molecule has 0 saturated carbocycles. The minimum atomic E-state index is -1.10. The van der Waals surface area contributed by atoms with Crippen molar-refractivity contribution in [1.82, 2.24) is 5.32 Å². The minimum absolute atomic E-state index is 0.132. The first kappa shape index (κ1) is 16.7. The van der Waals surface area contributed by atoms with Gasteiger partial charge < -0.3 is 10.6 Å². The van der Waals surface area contributed by atoms with Gasteiger partial charge >= 0.3 is 0 Å². The molecule has 132 valence electrons. The predicted octanol–water partition coefficient (Wildman–Crippen LogP) is 2.32. The van der Waals surface area contributed by atoms with E-state index in [1.54, 1.807) is 29.2 Å². The van der Waals surface area contributed by atoms with Crippen LogP contribution in [0.1, 0.15) is 22.8 Å². The molecule has 2 N–H and O–H groups in total. The topological polar surface area (TPSA) is 78.5 Å². The summed E-state index contributed by atoms with van der Waals surface area (Å²) in [6.45, 7) is 2.40. The van der Waals surface area contributed by atoms with Crippen LogP contribution < -0.4 is 15.5 Å². The number of carbonyl (C=O) groups excluding carboxylic acids is 3. The van der Waals surface area contributed by atoms with Crippen molar-refractivity contribution in [2.75, 3.05) is 22.5 Å². The summed E-state index contributed by atoms with van der Waals surface area (Å²) < 4.78 is 0. The second-order valence-electron chi connectivity index (χ2n) is 6.07. The lowest BCUT2D eigenvalue weighted by molar-refractivity contribution is -0.122. The van der Waals surface area contributed by atoms with Crippen molar-refractivity contribution in [1.29, 1.82) is 0 Å². The molecule has 1 saturated heterocycles. The van der Waals surface area contributed by atoms with Crippen LogP contribution in [0, 0.1) is 0 Å². The number of nitrogens with one attached hydrogen (secondary N) is 2. The van der Waals surface area contributed by atoms with E-state index in [0.29, 0.717) is 17.8 Å². The molecule has 0 aliphatic carbocycles. The van der Waals surface area contributed by atoms with E-state index in [4.69, 9.17) is 0 Å². The molecule has 2 heterocycles. The molecule has 4 rings (SSSR count). The lowest BCUT2D eigenvalue weighted by Gasteiger charge is -2.32. The van der Waals surface area contributed by atoms with E-state index in [0.717, 1.165) is 11.3 Å². The normalized spacial score (nSPS) is 21.0. The minimum Gasteiger partial charge on any atom is -0.352 e. The van der Waals surface area contributed by atoms with Crippen molar-refractivity contribution < 1.29 is 14.4 Å². The van der Waals surface area contributed by atoms with Crippen LogP contribution in [0.25, 0.3) is 0 Å². The summed E-state index contributed by atoms with van der Waals surface area (Å²) >= 11 is 1.32. The van der Waals surface area contributed by atoms with Gasteiger partial charge in [0.2, 0.25) is 10.8 Å². The molecule has 0 bridgehead atoms. The molecular weight excluding hydrogens is 350 g/mol. The van der Waals surface area contributed by atoms with E-state index in [1.807, 2.05) is 31.2 Å². The molecule has 7 heteroatoms. The number of thioether (sulfide) groups is 1. The Kier molecular flexibility index (Phi) is 3.96. The number of benzene rings is 2. The van der Waals surface area contributed by atoms with Crippen molar-refractivity contribution in [3.63, 3.8) is 0 Å². The average molecular weight is 367 g/mol. The third kappa shape index (κ3) is 2.31. The number of amides is 3. The molecule has 2 aromatic carbocycles. The van der Waals surface area contributed by atoms with Crippen molar-refractivity contribution in [2.45, 2.75) is 11.8 Å². The Balaban J connectivity index is 1.77. The summed E-state index contributed by atoms with van der Waals surface area (Å²) in [5, 5.41) is 5.62. The summed E-state index contributed by atoms with van der Waals surface area (Å²) in [5.41, 5.74) is 2.62. The van der Waals surface area contributed by atoms with E-state index in [2.05, 4.69) is 10.6 Å². The summed E-state index contributed by atoms with van der Waals surface area (Å²) in [7, 11) is 0. The highest BCUT2D eigenvalue weighted by Gasteiger charge is 2.58. The zero-order valence-electron chi connectivity index (χ0n) is 14.1. The van der Waals surface area contributed by atoms with Gasteiger partial charge in [0.15, 0.2) is 0 Å². The molecule has 1 fully saturated rings. The highest BCUT2D eigenvalue weighted by Crippen LogP contribution is 2.53. The number of rotatable bonds is 3. The highest BCUT2D eigenvalue weighted by molar-refractivity contribution is 8.02. The van der Waals surface area contributed by atoms with Crippen LogP contribution in [0.15, 0.2) is 48.5 Å². The van der Waals surface area contributed by atoms with Crippen molar-refractivity contribution in [3.05, 3.63) is 59.7 Å². The zero-order valence-corrected chi connectivity index (χ0v) is 14.9. The molecule has 1 atom stereocenters. The first-order chi connectivity index (χ1) is 12.6. The SMILES string of the molecule is CCNC(=O)c1ccc(N2C(=O)CS[C@@]23C(=O)Nc2ccccc23)cc1. The van der Waals surface area contributed by atoms with Gasteiger partial charge in [-0.15, -0.1) is 11.8 Å². The number of para-hydroxylation sites is 1. The molecular formula is C19H17N3O3S. The van der Waals surface area contributed by atoms with E-state index in [1.165, 1.54) is 11.8 Å². The average Bonchev–Trinajstić information content (AvgIpc) is 3.14. The van der Waals surface area contributed by atoms with Crippen LogP contribution >= 0.6 is 11.8 Å². The molecule has 2 aromatic rings. The monoisotopic (exact) mass is 367 g/mol. The third-order valence-electron chi connectivity index (χ3n) is 4.54. The maximum atomic E-state index is 12.9. The summed E-state index contributed by atoms with van der Waals surface area (Å²) in [6, 6.07) is 14.2. The Hall–Kier alpha value is -2.80. The molecule has 0 radical (unpaired) electrons. The predicted molar refractivity (Wildman–Crippen MR) is 101 cm³/mol. The largest absolute Gasteiger partial charge is 0.352 e. The molecule has 26 heavy (non-hydrogen) atoms. The highest BCUT2D eigenvalue weighted by atomic mass is 32.2. The van der Waals surface area contributed by atoms with Gasteiger partial charge in [-0.1, -0.05) is 18.2 Å². The Morgan fingerprint density at radius 2 is 1.92 bits per heavy atom. The first-order valence-corrected chi connectivity index (χ1v) is 9.32. The molecule has 0 unspecified atom stereocenters. The van der Waals surface area contributed by atoms with Crippen molar-refractivity contribution in [3.8, 4) is 0 Å². The van der Waals surface area contributed by atoms with Crippen LogP contribution in [-0.2, 0) is 14.5 Å². The Labute approximate surface area is 154 Å². The van der Waals surface area contributed by atoms with Crippen molar-refractivity contribution in [2.24, 2.45) is 0 Å². The van der Waals surface area contributed by atoms with Crippen LogP contribution in [0.2, 0.25) is 0 Å². The van der Waals surface area contributed by atoms with Crippen LogP contribution in [0.4, 0.5) is 11.4 Å². The molecule has 2 aliphatic rings. The smallest absolute Gasteiger partial charge is 0.266 e. The maximum absolute atomic E-state index is 12.9. The Bertz CT molecular complexity index is 913. The zero-order chi connectivity index (χ0) is 18.3. The molecule has 0 aromatic heterocycles. The number of anilines is 2. The molecule has 2 aliphatic heterocycles. The quantitative estimate of drug-likeness (QED) is 0.873. The van der Waals surface area contributed by atoms with Gasteiger partial charge in [0, 0.05) is 29.0 Å². The number of hydrogen-bond donors (Lipinski definition) is 2. The number of fused-ring (bicyclic) bond motifs is 2. The van der Waals surface area contributed by atoms with E-state index in [9.17, 15) is 14.4 Å².